The molecule has 0 fully saturated rings. The van der Waals surface area contributed by atoms with Gasteiger partial charge in [0.15, 0.2) is 0 Å². The van der Waals surface area contributed by atoms with Gasteiger partial charge >= 0.3 is 17.9 Å². The van der Waals surface area contributed by atoms with Crippen molar-refractivity contribution in [1.29, 1.82) is 0 Å². The Labute approximate surface area is 291 Å². The van der Waals surface area contributed by atoms with Gasteiger partial charge in [-0.25, -0.2) is 14.4 Å². The molecule has 0 aliphatic rings. The van der Waals surface area contributed by atoms with Gasteiger partial charge in [-0.05, 0) is 85.5 Å². The zero-order valence-electron chi connectivity index (χ0n) is 28.8. The molecule has 3 rings (SSSR count). The lowest BCUT2D eigenvalue weighted by atomic mass is 10.1. The van der Waals surface area contributed by atoms with E-state index >= 15 is 0 Å². The number of hydrogen-bond acceptors (Lipinski definition) is 9. The molecule has 0 heterocycles. The van der Waals surface area contributed by atoms with Crippen molar-refractivity contribution < 1.29 is 33.3 Å². The van der Waals surface area contributed by atoms with Gasteiger partial charge in [0, 0.05) is 17.5 Å². The summed E-state index contributed by atoms with van der Waals surface area (Å²) in [7, 11) is 0. The molecule has 0 aliphatic heterocycles. The quantitative estimate of drug-likeness (QED) is 0.0332. The molecule has 3 aromatic rings. The van der Waals surface area contributed by atoms with Gasteiger partial charge in [0.25, 0.3) is 0 Å². The van der Waals surface area contributed by atoms with E-state index in [-0.39, 0.29) is 5.97 Å². The maximum atomic E-state index is 12.4. The Kier molecular flexibility index (Phi) is 17.9. The molecule has 0 saturated heterocycles. The number of unbranched alkanes of at least 4 members (excludes halogenated alkanes) is 11. The maximum Gasteiger partial charge on any atom is 0.338 e. The molecule has 0 spiro atoms. The highest BCUT2D eigenvalue weighted by Gasteiger charge is 2.09. The van der Waals surface area contributed by atoms with Crippen molar-refractivity contribution in [2.45, 2.75) is 90.4 Å². The molecule has 0 amide bonds. The number of anilines is 2. The van der Waals surface area contributed by atoms with E-state index in [1.54, 1.807) is 72.8 Å². The van der Waals surface area contributed by atoms with Gasteiger partial charge in [0.1, 0.15) is 11.5 Å². The van der Waals surface area contributed by atoms with Crippen molar-refractivity contribution in [2.24, 2.45) is 0 Å². The molecular formula is C40H52N2O7. The average Bonchev–Trinajstić information content (AvgIpc) is 3.09. The lowest BCUT2D eigenvalue weighted by Crippen LogP contribution is -2.07. The summed E-state index contributed by atoms with van der Waals surface area (Å²) in [5.74, 6) is -0.0505. The standard InChI is InChI=1S/C40H52N2O7/c1-2-3-4-12-25-46-36-20-22-37(23-21-36)49-38(43)24-17-31-15-18-32(19-16-31)39(44)47-26-13-10-8-6-5-7-9-11-14-27-48-40(45)33-28-34(41)30-35(42)29-33/h15-24,28-30H,2-14,25-27,41-42H2,1H3. The van der Waals surface area contributed by atoms with Crippen LogP contribution in [0.5, 0.6) is 11.5 Å². The number of benzene rings is 3. The topological polar surface area (TPSA) is 140 Å². The maximum absolute atomic E-state index is 12.4. The van der Waals surface area contributed by atoms with Gasteiger partial charge in [0.2, 0.25) is 0 Å². The fraction of sp³-hybridized carbons (Fsp3) is 0.425. The van der Waals surface area contributed by atoms with E-state index in [9.17, 15) is 14.4 Å². The summed E-state index contributed by atoms with van der Waals surface area (Å²) >= 11 is 0. The lowest BCUT2D eigenvalue weighted by Gasteiger charge is -2.07. The highest BCUT2D eigenvalue weighted by Crippen LogP contribution is 2.19. The molecule has 9 nitrogen and oxygen atoms in total. The Morgan fingerprint density at radius 2 is 1.06 bits per heavy atom. The summed E-state index contributed by atoms with van der Waals surface area (Å²) in [6, 6.07) is 18.7. The van der Waals surface area contributed by atoms with Gasteiger partial charge in [-0.15, -0.1) is 0 Å². The minimum Gasteiger partial charge on any atom is -0.494 e. The number of nitrogen functional groups attached to an aromatic ring is 2. The predicted molar refractivity (Wildman–Crippen MR) is 195 cm³/mol. The van der Waals surface area contributed by atoms with Crippen LogP contribution < -0.4 is 20.9 Å². The fourth-order valence-electron chi connectivity index (χ4n) is 5.10. The second-order valence-electron chi connectivity index (χ2n) is 12.1. The van der Waals surface area contributed by atoms with Crippen LogP contribution in [0.1, 0.15) is 117 Å². The second-order valence-corrected chi connectivity index (χ2v) is 12.1. The first kappa shape index (κ1) is 38.7. The summed E-state index contributed by atoms with van der Waals surface area (Å²) in [5.41, 5.74) is 14.0. The zero-order valence-corrected chi connectivity index (χ0v) is 28.8. The van der Waals surface area contributed by atoms with E-state index in [4.69, 9.17) is 30.4 Å². The molecule has 4 N–H and O–H groups in total. The zero-order chi connectivity index (χ0) is 35.1. The Hall–Kier alpha value is -4.79. The summed E-state index contributed by atoms with van der Waals surface area (Å²) in [6.07, 6.45) is 16.9. The predicted octanol–water partition coefficient (Wildman–Crippen LogP) is 8.95. The molecule has 49 heavy (non-hydrogen) atoms. The Morgan fingerprint density at radius 1 is 0.571 bits per heavy atom. The molecule has 9 heteroatoms. The number of rotatable bonds is 23. The molecule has 264 valence electrons. The van der Waals surface area contributed by atoms with Crippen LogP contribution in [0, 0.1) is 0 Å². The summed E-state index contributed by atoms with van der Waals surface area (Å²) in [5, 5.41) is 0. The molecule has 0 unspecified atom stereocenters. The van der Waals surface area contributed by atoms with Crippen LogP contribution in [-0.2, 0) is 14.3 Å². The van der Waals surface area contributed by atoms with E-state index < -0.39 is 11.9 Å². The van der Waals surface area contributed by atoms with E-state index in [0.29, 0.717) is 48.1 Å². The molecule has 0 saturated carbocycles. The first-order valence-electron chi connectivity index (χ1n) is 17.6. The van der Waals surface area contributed by atoms with Crippen molar-refractivity contribution in [3.05, 3.63) is 89.5 Å². The first-order chi connectivity index (χ1) is 23.8. The third-order valence-electron chi connectivity index (χ3n) is 7.84. The number of ether oxygens (including phenoxy) is 4. The van der Waals surface area contributed by atoms with Crippen LogP contribution in [0.4, 0.5) is 11.4 Å². The highest BCUT2D eigenvalue weighted by atomic mass is 16.5. The smallest absolute Gasteiger partial charge is 0.338 e. The minimum atomic E-state index is -0.491. The number of carbonyl (C=O) groups is 3. The van der Waals surface area contributed by atoms with Gasteiger partial charge in [-0.1, -0.05) is 83.3 Å². The van der Waals surface area contributed by atoms with Crippen LogP contribution in [0.15, 0.2) is 72.8 Å². The van der Waals surface area contributed by atoms with Crippen LogP contribution in [-0.4, -0.2) is 37.7 Å². The van der Waals surface area contributed by atoms with Crippen LogP contribution in [0.3, 0.4) is 0 Å². The molecule has 0 radical (unpaired) electrons. The molecule has 0 aromatic heterocycles. The molecule has 0 bridgehead atoms. The van der Waals surface area contributed by atoms with Crippen LogP contribution in [0.2, 0.25) is 0 Å². The lowest BCUT2D eigenvalue weighted by molar-refractivity contribution is -0.128. The van der Waals surface area contributed by atoms with E-state index in [1.165, 1.54) is 18.9 Å². The van der Waals surface area contributed by atoms with E-state index in [1.807, 2.05) is 0 Å². The number of esters is 3. The van der Waals surface area contributed by atoms with Gasteiger partial charge in [0.05, 0.1) is 30.9 Å². The SMILES string of the molecule is CCCCCCOc1ccc(OC(=O)C=Cc2ccc(C(=O)OCCCCCCCCCCCOC(=O)c3cc(N)cc(N)c3)cc2)cc1. The Balaban J connectivity index is 1.18. The van der Waals surface area contributed by atoms with Crippen molar-refractivity contribution in [3.63, 3.8) is 0 Å². The number of carbonyl (C=O) groups excluding carboxylic acids is 3. The Morgan fingerprint density at radius 3 is 1.63 bits per heavy atom. The van der Waals surface area contributed by atoms with Gasteiger partial charge < -0.3 is 30.4 Å². The van der Waals surface area contributed by atoms with Gasteiger partial charge in [-0.2, -0.15) is 0 Å². The van der Waals surface area contributed by atoms with Crippen molar-refractivity contribution in [3.8, 4) is 11.5 Å². The van der Waals surface area contributed by atoms with Crippen molar-refractivity contribution in [1.82, 2.24) is 0 Å². The van der Waals surface area contributed by atoms with E-state index in [0.717, 1.165) is 81.9 Å². The molecular weight excluding hydrogens is 620 g/mol. The Bertz CT molecular complexity index is 1430. The molecule has 0 aliphatic carbocycles. The van der Waals surface area contributed by atoms with Gasteiger partial charge in [-0.3, -0.25) is 0 Å². The van der Waals surface area contributed by atoms with Crippen LogP contribution >= 0.6 is 0 Å². The van der Waals surface area contributed by atoms with Crippen molar-refractivity contribution in [2.75, 3.05) is 31.3 Å². The monoisotopic (exact) mass is 672 g/mol. The summed E-state index contributed by atoms with van der Waals surface area (Å²) in [6.45, 7) is 3.63. The highest BCUT2D eigenvalue weighted by molar-refractivity contribution is 5.92. The minimum absolute atomic E-state index is 0.356. The van der Waals surface area contributed by atoms with Crippen LogP contribution in [0.25, 0.3) is 6.08 Å². The number of nitrogens with two attached hydrogens (primary N) is 2. The van der Waals surface area contributed by atoms with Crippen molar-refractivity contribution >= 4 is 35.4 Å². The number of hydrogen-bond donors (Lipinski definition) is 2. The average molecular weight is 673 g/mol. The largest absolute Gasteiger partial charge is 0.494 e. The normalized spacial score (nSPS) is 11.0. The fourth-order valence-corrected chi connectivity index (χ4v) is 5.10. The summed E-state index contributed by atoms with van der Waals surface area (Å²) in [4.78, 5) is 36.8. The third kappa shape index (κ3) is 16.2. The molecule has 3 aromatic carbocycles. The summed E-state index contributed by atoms with van der Waals surface area (Å²) < 4.78 is 21.8. The molecule has 0 atom stereocenters. The first-order valence-corrected chi connectivity index (χ1v) is 17.6. The van der Waals surface area contributed by atoms with E-state index in [2.05, 4.69) is 6.92 Å². The third-order valence-corrected chi connectivity index (χ3v) is 7.84. The second kappa shape index (κ2) is 22.7.